The quantitative estimate of drug-likeness (QED) is 0.620. The van der Waals surface area contributed by atoms with Gasteiger partial charge in [0.2, 0.25) is 0 Å². The Kier molecular flexibility index (Phi) is 6.96. The highest BCUT2D eigenvalue weighted by Gasteiger charge is 1.99. The molecule has 0 fully saturated rings. The number of aliphatic hydroxyl groups is 1. The minimum atomic E-state index is 0.0689. The number of rotatable bonds is 8. The summed E-state index contributed by atoms with van der Waals surface area (Å²) in [4.78, 5) is 0. The smallest absolute Gasteiger partial charge is 0.134 e. The number of ether oxygens (including phenoxy) is 1. The fourth-order valence-electron chi connectivity index (χ4n) is 1.36. The molecule has 0 amide bonds. The topological polar surface area (TPSA) is 61.7 Å². The zero-order valence-corrected chi connectivity index (χ0v) is 10.4. The average molecular weight is 260 g/mol. The number of phenolic OH excluding ortho intramolecular Hbond substituents is 1. The third-order valence-corrected chi connectivity index (χ3v) is 2.52. The van der Waals surface area contributed by atoms with Gasteiger partial charge in [-0.3, -0.25) is 0 Å². The second kappa shape index (κ2) is 8.31. The van der Waals surface area contributed by atoms with E-state index in [-0.39, 0.29) is 12.4 Å². The van der Waals surface area contributed by atoms with E-state index in [1.54, 1.807) is 12.1 Å². The van der Waals surface area contributed by atoms with E-state index in [1.165, 1.54) is 0 Å². The molecule has 1 aromatic rings. The SMILES string of the molecule is OCCOCCCNCc1ccc(O)c(Cl)c1. The molecule has 0 aliphatic rings. The van der Waals surface area contributed by atoms with Crippen molar-refractivity contribution in [3.05, 3.63) is 28.8 Å². The number of aromatic hydroxyl groups is 1. The van der Waals surface area contributed by atoms with Gasteiger partial charge in [-0.15, -0.1) is 0 Å². The molecule has 0 bridgehead atoms. The molecule has 0 unspecified atom stereocenters. The molecule has 0 atom stereocenters. The van der Waals surface area contributed by atoms with Crippen LogP contribution in [0.5, 0.6) is 5.75 Å². The predicted molar refractivity (Wildman–Crippen MR) is 67.3 cm³/mol. The van der Waals surface area contributed by atoms with Crippen LogP contribution in [0.4, 0.5) is 0 Å². The van der Waals surface area contributed by atoms with Gasteiger partial charge in [0, 0.05) is 13.2 Å². The van der Waals surface area contributed by atoms with Crippen LogP contribution in [-0.4, -0.2) is 36.6 Å². The highest BCUT2D eigenvalue weighted by atomic mass is 35.5. The predicted octanol–water partition coefficient (Wildman–Crippen LogP) is 1.53. The summed E-state index contributed by atoms with van der Waals surface area (Å²) < 4.78 is 5.13. The lowest BCUT2D eigenvalue weighted by atomic mass is 10.2. The number of phenols is 1. The van der Waals surface area contributed by atoms with Gasteiger partial charge >= 0.3 is 0 Å². The number of benzene rings is 1. The van der Waals surface area contributed by atoms with Crippen molar-refractivity contribution in [2.45, 2.75) is 13.0 Å². The molecule has 5 heteroatoms. The maximum Gasteiger partial charge on any atom is 0.134 e. The van der Waals surface area contributed by atoms with Gasteiger partial charge < -0.3 is 20.3 Å². The summed E-state index contributed by atoms with van der Waals surface area (Å²) in [6.45, 7) is 2.65. The van der Waals surface area contributed by atoms with Crippen LogP contribution in [0.2, 0.25) is 5.02 Å². The second-order valence-corrected chi connectivity index (χ2v) is 4.06. The molecule has 4 nitrogen and oxygen atoms in total. The Hall–Kier alpha value is -0.810. The van der Waals surface area contributed by atoms with Crippen molar-refractivity contribution in [1.29, 1.82) is 0 Å². The minimum Gasteiger partial charge on any atom is -0.506 e. The zero-order chi connectivity index (χ0) is 12.5. The lowest BCUT2D eigenvalue weighted by molar-refractivity contribution is 0.0907. The number of halogens is 1. The molecule has 1 rings (SSSR count). The van der Waals surface area contributed by atoms with Crippen molar-refractivity contribution in [2.24, 2.45) is 0 Å². The number of hydrogen-bond donors (Lipinski definition) is 3. The maximum atomic E-state index is 9.25. The van der Waals surface area contributed by atoms with E-state index < -0.39 is 0 Å². The van der Waals surface area contributed by atoms with E-state index in [9.17, 15) is 5.11 Å². The van der Waals surface area contributed by atoms with Crippen molar-refractivity contribution in [3.63, 3.8) is 0 Å². The van der Waals surface area contributed by atoms with Crippen molar-refractivity contribution in [2.75, 3.05) is 26.4 Å². The zero-order valence-electron chi connectivity index (χ0n) is 9.66. The fourth-order valence-corrected chi connectivity index (χ4v) is 1.56. The van der Waals surface area contributed by atoms with Crippen LogP contribution in [-0.2, 0) is 11.3 Å². The highest BCUT2D eigenvalue weighted by molar-refractivity contribution is 6.32. The molecule has 96 valence electrons. The Bertz CT molecular complexity index is 334. The molecule has 0 radical (unpaired) electrons. The van der Waals surface area contributed by atoms with Gasteiger partial charge in [-0.1, -0.05) is 17.7 Å². The molecule has 0 spiro atoms. The van der Waals surface area contributed by atoms with E-state index in [1.807, 2.05) is 6.07 Å². The average Bonchev–Trinajstić information content (AvgIpc) is 2.32. The molecule has 0 saturated heterocycles. The summed E-state index contributed by atoms with van der Waals surface area (Å²) in [6, 6.07) is 5.16. The van der Waals surface area contributed by atoms with Gasteiger partial charge in [-0.2, -0.15) is 0 Å². The molecule has 0 heterocycles. The van der Waals surface area contributed by atoms with Crippen LogP contribution in [0.1, 0.15) is 12.0 Å². The highest BCUT2D eigenvalue weighted by Crippen LogP contribution is 2.23. The van der Waals surface area contributed by atoms with Crippen LogP contribution in [0.25, 0.3) is 0 Å². The van der Waals surface area contributed by atoms with Gasteiger partial charge in [-0.25, -0.2) is 0 Å². The first-order valence-corrected chi connectivity index (χ1v) is 5.98. The third kappa shape index (κ3) is 5.89. The molecule has 0 saturated carbocycles. The third-order valence-electron chi connectivity index (χ3n) is 2.22. The first-order valence-electron chi connectivity index (χ1n) is 5.60. The molecule has 17 heavy (non-hydrogen) atoms. The molecule has 0 aliphatic carbocycles. The summed E-state index contributed by atoms with van der Waals surface area (Å²) in [5.41, 5.74) is 1.03. The summed E-state index contributed by atoms with van der Waals surface area (Å²) in [5, 5.41) is 21.4. The van der Waals surface area contributed by atoms with E-state index in [4.69, 9.17) is 21.4 Å². The lowest BCUT2D eigenvalue weighted by Crippen LogP contribution is -2.16. The van der Waals surface area contributed by atoms with Gasteiger partial charge in [0.1, 0.15) is 5.75 Å². The van der Waals surface area contributed by atoms with Gasteiger partial charge in [0.15, 0.2) is 0 Å². The molecule has 0 aliphatic heterocycles. The molecular weight excluding hydrogens is 242 g/mol. The summed E-state index contributed by atoms with van der Waals surface area (Å²) in [5.74, 6) is 0.104. The molecule has 1 aromatic carbocycles. The van der Waals surface area contributed by atoms with Gasteiger partial charge in [-0.05, 0) is 30.7 Å². The van der Waals surface area contributed by atoms with Crippen molar-refractivity contribution >= 4 is 11.6 Å². The Labute approximate surface area is 106 Å². The second-order valence-electron chi connectivity index (χ2n) is 3.65. The first-order chi connectivity index (χ1) is 8.24. The largest absolute Gasteiger partial charge is 0.506 e. The summed E-state index contributed by atoms with van der Waals surface area (Å²) in [7, 11) is 0. The Morgan fingerprint density at radius 2 is 2.12 bits per heavy atom. The maximum absolute atomic E-state index is 9.25. The normalized spacial score (nSPS) is 10.7. The Balaban J connectivity index is 2.11. The van der Waals surface area contributed by atoms with Crippen LogP contribution in [0.3, 0.4) is 0 Å². The first kappa shape index (κ1) is 14.3. The van der Waals surface area contributed by atoms with E-state index in [2.05, 4.69) is 5.32 Å². The van der Waals surface area contributed by atoms with E-state index in [0.29, 0.717) is 24.8 Å². The minimum absolute atomic E-state index is 0.0689. The monoisotopic (exact) mass is 259 g/mol. The van der Waals surface area contributed by atoms with Crippen molar-refractivity contribution in [1.82, 2.24) is 5.32 Å². The summed E-state index contributed by atoms with van der Waals surface area (Å²) >= 11 is 5.79. The Morgan fingerprint density at radius 3 is 2.82 bits per heavy atom. The fraction of sp³-hybridized carbons (Fsp3) is 0.500. The van der Waals surface area contributed by atoms with Crippen LogP contribution in [0.15, 0.2) is 18.2 Å². The Morgan fingerprint density at radius 1 is 1.29 bits per heavy atom. The van der Waals surface area contributed by atoms with Crippen molar-refractivity contribution < 1.29 is 14.9 Å². The van der Waals surface area contributed by atoms with Gasteiger partial charge in [0.25, 0.3) is 0 Å². The van der Waals surface area contributed by atoms with Crippen LogP contribution >= 0.6 is 11.6 Å². The van der Waals surface area contributed by atoms with E-state index >= 15 is 0 Å². The van der Waals surface area contributed by atoms with Crippen molar-refractivity contribution in [3.8, 4) is 5.75 Å². The van der Waals surface area contributed by atoms with Crippen LogP contribution in [0, 0.1) is 0 Å². The standard InChI is InChI=1S/C12H18ClNO3/c13-11-8-10(2-3-12(11)16)9-14-4-1-6-17-7-5-15/h2-3,8,14-16H,1,4-7,9H2. The number of nitrogens with one attached hydrogen (secondary N) is 1. The van der Waals surface area contributed by atoms with Gasteiger partial charge in [0.05, 0.1) is 18.2 Å². The number of aliphatic hydroxyl groups excluding tert-OH is 1. The molecular formula is C12H18ClNO3. The molecule has 3 N–H and O–H groups in total. The number of hydrogen-bond acceptors (Lipinski definition) is 4. The lowest BCUT2D eigenvalue weighted by Gasteiger charge is -2.06. The summed E-state index contributed by atoms with van der Waals surface area (Å²) in [6.07, 6.45) is 0.895. The van der Waals surface area contributed by atoms with Crippen LogP contribution < -0.4 is 5.32 Å². The molecule has 0 aromatic heterocycles. The van der Waals surface area contributed by atoms with E-state index in [0.717, 1.165) is 18.5 Å².